The summed E-state index contributed by atoms with van der Waals surface area (Å²) in [5.41, 5.74) is -0.928. The average molecular weight is 285 g/mol. The Labute approximate surface area is 111 Å². The molecule has 0 saturated heterocycles. The molecule has 0 aromatic carbocycles. The van der Waals surface area contributed by atoms with Gasteiger partial charge in [-0.15, -0.1) is 0 Å². The molecule has 0 fully saturated rings. The fraction of sp³-hybridized carbons (Fsp3) is 0.917. The number of esters is 1. The van der Waals surface area contributed by atoms with Crippen LogP contribution in [0, 0.1) is 0 Å². The summed E-state index contributed by atoms with van der Waals surface area (Å²) < 4.78 is 45.3. The Kier molecular flexibility index (Phi) is 8.01. The van der Waals surface area contributed by atoms with E-state index in [-0.39, 0.29) is 13.0 Å². The van der Waals surface area contributed by atoms with Crippen LogP contribution in [0.3, 0.4) is 0 Å². The van der Waals surface area contributed by atoms with E-state index in [9.17, 15) is 18.0 Å². The summed E-state index contributed by atoms with van der Waals surface area (Å²) in [4.78, 5) is 11.6. The number of carbonyl (C=O) groups excluding carboxylic acids is 1. The molecule has 0 aromatic rings. The summed E-state index contributed by atoms with van der Waals surface area (Å²) in [5.74, 6) is -0.444. The fourth-order valence-electron chi connectivity index (χ4n) is 1.46. The SMILES string of the molecule is CCCNC(C)(CCOCCC(F)(F)F)C(=O)OC. The Morgan fingerprint density at radius 1 is 1.21 bits per heavy atom. The molecule has 1 unspecified atom stereocenters. The molecule has 1 N–H and O–H groups in total. The first kappa shape index (κ1) is 18.2. The lowest BCUT2D eigenvalue weighted by atomic mass is 9.98. The first-order valence-corrected chi connectivity index (χ1v) is 6.23. The summed E-state index contributed by atoms with van der Waals surface area (Å²) in [7, 11) is 1.28. The van der Waals surface area contributed by atoms with Gasteiger partial charge in [-0.2, -0.15) is 13.2 Å². The lowest BCUT2D eigenvalue weighted by Crippen LogP contribution is -2.51. The van der Waals surface area contributed by atoms with Crippen molar-refractivity contribution < 1.29 is 27.4 Å². The first-order valence-electron chi connectivity index (χ1n) is 6.23. The van der Waals surface area contributed by atoms with Crippen LogP contribution in [0.15, 0.2) is 0 Å². The van der Waals surface area contributed by atoms with Gasteiger partial charge in [0.05, 0.1) is 20.1 Å². The van der Waals surface area contributed by atoms with Crippen molar-refractivity contribution in [3.05, 3.63) is 0 Å². The maximum absolute atomic E-state index is 11.9. The minimum absolute atomic E-state index is 0.0679. The maximum atomic E-state index is 11.9. The van der Waals surface area contributed by atoms with Crippen molar-refractivity contribution in [1.82, 2.24) is 5.32 Å². The molecule has 0 spiro atoms. The molecular formula is C12H22F3NO3. The van der Waals surface area contributed by atoms with E-state index in [0.717, 1.165) is 6.42 Å². The van der Waals surface area contributed by atoms with E-state index in [1.54, 1.807) is 6.92 Å². The van der Waals surface area contributed by atoms with Crippen LogP contribution in [0.25, 0.3) is 0 Å². The van der Waals surface area contributed by atoms with Crippen molar-refractivity contribution in [3.8, 4) is 0 Å². The zero-order chi connectivity index (χ0) is 14.9. The Balaban J connectivity index is 4.10. The number of carbonyl (C=O) groups is 1. The van der Waals surface area contributed by atoms with Crippen LogP contribution in [-0.2, 0) is 14.3 Å². The van der Waals surface area contributed by atoms with Crippen LogP contribution >= 0.6 is 0 Å². The minimum Gasteiger partial charge on any atom is -0.468 e. The van der Waals surface area contributed by atoms with Gasteiger partial charge >= 0.3 is 12.1 Å². The standard InChI is InChI=1S/C12H22F3NO3/c1-4-7-16-11(2,10(17)18-3)5-8-19-9-6-12(13,14)15/h16H,4-9H2,1-3H3. The highest BCUT2D eigenvalue weighted by Crippen LogP contribution is 2.19. The lowest BCUT2D eigenvalue weighted by molar-refractivity contribution is -0.151. The molecule has 0 saturated carbocycles. The van der Waals surface area contributed by atoms with E-state index in [4.69, 9.17) is 4.74 Å². The van der Waals surface area contributed by atoms with Gasteiger partial charge in [-0.25, -0.2) is 0 Å². The lowest BCUT2D eigenvalue weighted by Gasteiger charge is -2.27. The quantitative estimate of drug-likeness (QED) is 0.521. The second-order valence-electron chi connectivity index (χ2n) is 4.48. The summed E-state index contributed by atoms with van der Waals surface area (Å²) >= 11 is 0. The number of rotatable bonds is 9. The van der Waals surface area contributed by atoms with Gasteiger partial charge in [-0.05, 0) is 26.3 Å². The minimum atomic E-state index is -4.22. The molecule has 1 atom stereocenters. The summed E-state index contributed by atoms with van der Waals surface area (Å²) in [5, 5.41) is 3.03. The zero-order valence-electron chi connectivity index (χ0n) is 11.6. The number of nitrogens with one attached hydrogen (secondary N) is 1. The maximum Gasteiger partial charge on any atom is 0.391 e. The molecule has 7 heteroatoms. The molecule has 0 rings (SSSR count). The smallest absolute Gasteiger partial charge is 0.391 e. The molecule has 0 amide bonds. The van der Waals surface area contributed by atoms with Crippen molar-refractivity contribution in [3.63, 3.8) is 0 Å². The number of hydrogen-bond donors (Lipinski definition) is 1. The van der Waals surface area contributed by atoms with Gasteiger partial charge in [-0.3, -0.25) is 4.79 Å². The van der Waals surface area contributed by atoms with Gasteiger partial charge in [0, 0.05) is 6.61 Å². The third-order valence-corrected chi connectivity index (χ3v) is 2.68. The highest BCUT2D eigenvalue weighted by molar-refractivity contribution is 5.80. The van der Waals surface area contributed by atoms with Crippen molar-refractivity contribution in [2.75, 3.05) is 26.9 Å². The Bertz CT molecular complexity index is 271. The second-order valence-corrected chi connectivity index (χ2v) is 4.48. The number of halogens is 3. The molecule has 0 aromatic heterocycles. The van der Waals surface area contributed by atoms with Crippen molar-refractivity contribution in [2.45, 2.75) is 44.8 Å². The van der Waals surface area contributed by atoms with Crippen LogP contribution < -0.4 is 5.32 Å². The number of ether oxygens (including phenoxy) is 2. The van der Waals surface area contributed by atoms with Gasteiger partial charge in [0.25, 0.3) is 0 Å². The fourth-order valence-corrected chi connectivity index (χ4v) is 1.46. The van der Waals surface area contributed by atoms with Crippen LogP contribution in [-0.4, -0.2) is 44.6 Å². The average Bonchev–Trinajstić information content (AvgIpc) is 2.33. The van der Waals surface area contributed by atoms with E-state index in [2.05, 4.69) is 10.1 Å². The topological polar surface area (TPSA) is 47.6 Å². The molecule has 19 heavy (non-hydrogen) atoms. The number of alkyl halides is 3. The molecule has 0 aliphatic rings. The van der Waals surface area contributed by atoms with Crippen molar-refractivity contribution >= 4 is 5.97 Å². The second kappa shape index (κ2) is 8.37. The Morgan fingerprint density at radius 3 is 2.26 bits per heavy atom. The van der Waals surface area contributed by atoms with Crippen LogP contribution in [0.1, 0.15) is 33.1 Å². The predicted octanol–water partition coefficient (Wildman–Crippen LogP) is 2.28. The predicted molar refractivity (Wildman–Crippen MR) is 64.8 cm³/mol. The largest absolute Gasteiger partial charge is 0.468 e. The van der Waals surface area contributed by atoms with Gasteiger partial charge < -0.3 is 14.8 Å². The molecule has 4 nitrogen and oxygen atoms in total. The number of hydrogen-bond acceptors (Lipinski definition) is 4. The van der Waals surface area contributed by atoms with Gasteiger partial charge in [0.15, 0.2) is 0 Å². The van der Waals surface area contributed by atoms with Crippen LogP contribution in [0.4, 0.5) is 13.2 Å². The van der Waals surface area contributed by atoms with Gasteiger partial charge in [0.2, 0.25) is 0 Å². The monoisotopic (exact) mass is 285 g/mol. The van der Waals surface area contributed by atoms with Crippen LogP contribution in [0.5, 0.6) is 0 Å². The Hall–Kier alpha value is -0.820. The summed E-state index contributed by atoms with van der Waals surface area (Å²) in [6.45, 7) is 3.90. The first-order chi connectivity index (χ1) is 8.75. The molecular weight excluding hydrogens is 263 g/mol. The normalized spacial score (nSPS) is 15.1. The molecule has 114 valence electrons. The van der Waals surface area contributed by atoms with Crippen LogP contribution in [0.2, 0.25) is 0 Å². The van der Waals surface area contributed by atoms with Gasteiger partial charge in [0.1, 0.15) is 5.54 Å². The summed E-state index contributed by atoms with van der Waals surface area (Å²) in [6.07, 6.45) is -4.10. The third kappa shape index (κ3) is 8.05. The molecule has 0 radical (unpaired) electrons. The zero-order valence-corrected chi connectivity index (χ0v) is 11.6. The van der Waals surface area contributed by atoms with E-state index in [1.807, 2.05) is 6.92 Å². The highest BCUT2D eigenvalue weighted by atomic mass is 19.4. The molecule has 0 aliphatic carbocycles. The van der Waals surface area contributed by atoms with E-state index >= 15 is 0 Å². The number of methoxy groups -OCH3 is 1. The highest BCUT2D eigenvalue weighted by Gasteiger charge is 2.33. The Morgan fingerprint density at radius 2 is 1.79 bits per heavy atom. The summed E-state index contributed by atoms with van der Waals surface area (Å²) in [6, 6.07) is 0. The molecule has 0 bridgehead atoms. The molecule has 0 aliphatic heterocycles. The van der Waals surface area contributed by atoms with E-state index in [0.29, 0.717) is 6.54 Å². The van der Waals surface area contributed by atoms with Crippen molar-refractivity contribution in [2.24, 2.45) is 0 Å². The van der Waals surface area contributed by atoms with E-state index < -0.39 is 30.7 Å². The van der Waals surface area contributed by atoms with Crippen molar-refractivity contribution in [1.29, 1.82) is 0 Å². The van der Waals surface area contributed by atoms with E-state index in [1.165, 1.54) is 7.11 Å². The third-order valence-electron chi connectivity index (χ3n) is 2.68. The van der Waals surface area contributed by atoms with Gasteiger partial charge in [-0.1, -0.05) is 6.92 Å². The molecule has 0 heterocycles.